The molecule has 0 aliphatic carbocycles. The maximum absolute atomic E-state index is 6.23. The summed E-state index contributed by atoms with van der Waals surface area (Å²) in [6, 6.07) is 6.22. The molecule has 4 heteroatoms. The van der Waals surface area contributed by atoms with Gasteiger partial charge in [-0.3, -0.25) is 0 Å². The molecule has 1 aliphatic heterocycles. The van der Waals surface area contributed by atoms with Gasteiger partial charge in [0, 0.05) is 36.2 Å². The molecule has 0 N–H and O–H groups in total. The molecule has 1 heterocycles. The van der Waals surface area contributed by atoms with Gasteiger partial charge in [0.25, 0.3) is 0 Å². The molecule has 106 valence electrons. The lowest BCUT2D eigenvalue weighted by Crippen LogP contribution is -2.37. The van der Waals surface area contributed by atoms with Crippen molar-refractivity contribution in [1.82, 2.24) is 4.90 Å². The topological polar surface area (TPSA) is 6.48 Å². The summed E-state index contributed by atoms with van der Waals surface area (Å²) >= 11 is 12.1. The Kier molecular flexibility index (Phi) is 5.37. The molecular weight excluding hydrogens is 279 g/mol. The van der Waals surface area contributed by atoms with Gasteiger partial charge in [-0.05, 0) is 50.6 Å². The van der Waals surface area contributed by atoms with Crippen molar-refractivity contribution in [2.24, 2.45) is 5.92 Å². The molecular formula is C15H22Cl2N2. The number of hydrogen-bond acceptors (Lipinski definition) is 2. The Bertz CT molecular complexity index is 413. The van der Waals surface area contributed by atoms with Crippen LogP contribution in [0, 0.1) is 5.92 Å². The molecule has 0 spiro atoms. The van der Waals surface area contributed by atoms with Crippen LogP contribution in [0.4, 0.5) is 5.69 Å². The number of benzene rings is 1. The van der Waals surface area contributed by atoms with E-state index in [9.17, 15) is 0 Å². The quantitative estimate of drug-likeness (QED) is 0.779. The molecule has 0 amide bonds. The summed E-state index contributed by atoms with van der Waals surface area (Å²) in [4.78, 5) is 4.71. The van der Waals surface area contributed by atoms with Gasteiger partial charge in [-0.1, -0.05) is 17.7 Å². The van der Waals surface area contributed by atoms with Crippen LogP contribution in [0.3, 0.4) is 0 Å². The van der Waals surface area contributed by atoms with Gasteiger partial charge in [0.2, 0.25) is 0 Å². The van der Waals surface area contributed by atoms with Gasteiger partial charge >= 0.3 is 0 Å². The second-order valence-electron chi connectivity index (χ2n) is 5.60. The molecule has 1 fully saturated rings. The number of hydrogen-bond donors (Lipinski definition) is 0. The largest absolute Gasteiger partial charge is 0.371 e. The number of piperidine rings is 1. The van der Waals surface area contributed by atoms with E-state index >= 15 is 0 Å². The van der Waals surface area contributed by atoms with Crippen molar-refractivity contribution in [3.05, 3.63) is 28.8 Å². The molecule has 0 atom stereocenters. The van der Waals surface area contributed by atoms with E-state index in [2.05, 4.69) is 30.0 Å². The van der Waals surface area contributed by atoms with E-state index in [1.165, 1.54) is 25.1 Å². The number of anilines is 1. The van der Waals surface area contributed by atoms with Crippen LogP contribution < -0.4 is 4.90 Å². The highest BCUT2D eigenvalue weighted by Crippen LogP contribution is 2.28. The van der Waals surface area contributed by atoms with E-state index in [1.54, 1.807) is 0 Å². The Morgan fingerprint density at radius 3 is 2.47 bits per heavy atom. The summed E-state index contributed by atoms with van der Waals surface area (Å²) in [6.45, 7) is 3.43. The van der Waals surface area contributed by atoms with E-state index in [4.69, 9.17) is 23.2 Å². The molecule has 1 aromatic rings. The first-order valence-corrected chi connectivity index (χ1v) is 7.75. The van der Waals surface area contributed by atoms with Crippen LogP contribution in [0.5, 0.6) is 0 Å². The van der Waals surface area contributed by atoms with Crippen LogP contribution in [0.25, 0.3) is 0 Å². The Hall–Kier alpha value is -0.440. The highest BCUT2D eigenvalue weighted by Gasteiger charge is 2.20. The molecule has 2 rings (SSSR count). The zero-order valence-corrected chi connectivity index (χ0v) is 13.2. The molecule has 19 heavy (non-hydrogen) atoms. The van der Waals surface area contributed by atoms with Crippen molar-refractivity contribution in [2.75, 3.05) is 38.6 Å². The smallest absolute Gasteiger partial charge is 0.0488 e. The minimum absolute atomic E-state index is 0.476. The number of nitrogens with zero attached hydrogens (tertiary/aromatic N) is 2. The molecule has 1 aliphatic rings. The zero-order chi connectivity index (χ0) is 13.8. The molecule has 0 aromatic heterocycles. The number of rotatable bonds is 4. The normalized spacial score (nSPS) is 17.2. The Balaban J connectivity index is 1.96. The fourth-order valence-corrected chi connectivity index (χ4v) is 3.27. The standard InChI is InChI=1S/C15H22Cl2N2/c1-18(2)11-12-5-7-19(8-6-12)14-4-3-13(10-16)15(17)9-14/h3-4,9,12H,5-8,10-11H2,1-2H3. The predicted octanol–water partition coefficient (Wildman–Crippen LogP) is 3.86. The van der Waals surface area contributed by atoms with Crippen molar-refractivity contribution < 1.29 is 0 Å². The molecule has 1 aromatic carbocycles. The summed E-state index contributed by atoms with van der Waals surface area (Å²) in [5.74, 6) is 1.30. The summed E-state index contributed by atoms with van der Waals surface area (Å²) in [7, 11) is 4.30. The molecule has 0 unspecified atom stereocenters. The molecule has 2 nitrogen and oxygen atoms in total. The second kappa shape index (κ2) is 6.83. The second-order valence-corrected chi connectivity index (χ2v) is 6.28. The summed E-state index contributed by atoms with van der Waals surface area (Å²) in [5.41, 5.74) is 2.23. The van der Waals surface area contributed by atoms with Crippen molar-refractivity contribution in [2.45, 2.75) is 18.7 Å². The lowest BCUT2D eigenvalue weighted by Gasteiger charge is -2.34. The van der Waals surface area contributed by atoms with Crippen molar-refractivity contribution in [3.63, 3.8) is 0 Å². The van der Waals surface area contributed by atoms with Crippen LogP contribution in [0.1, 0.15) is 18.4 Å². The maximum atomic E-state index is 6.23. The zero-order valence-electron chi connectivity index (χ0n) is 11.7. The first-order valence-electron chi connectivity index (χ1n) is 6.84. The maximum Gasteiger partial charge on any atom is 0.0488 e. The van der Waals surface area contributed by atoms with Crippen molar-refractivity contribution in [1.29, 1.82) is 0 Å². The van der Waals surface area contributed by atoms with Gasteiger partial charge < -0.3 is 9.80 Å². The van der Waals surface area contributed by atoms with Crippen LogP contribution in [-0.2, 0) is 5.88 Å². The summed E-state index contributed by atoms with van der Waals surface area (Å²) < 4.78 is 0. The summed E-state index contributed by atoms with van der Waals surface area (Å²) in [5, 5.41) is 0.780. The molecule has 0 radical (unpaired) electrons. The first-order chi connectivity index (χ1) is 9.10. The minimum atomic E-state index is 0.476. The summed E-state index contributed by atoms with van der Waals surface area (Å²) in [6.07, 6.45) is 2.51. The van der Waals surface area contributed by atoms with E-state index in [1.807, 2.05) is 12.1 Å². The Labute approximate surface area is 126 Å². The van der Waals surface area contributed by atoms with E-state index < -0.39 is 0 Å². The first kappa shape index (κ1) is 15.0. The third kappa shape index (κ3) is 4.01. The predicted molar refractivity (Wildman–Crippen MR) is 84.5 cm³/mol. The Morgan fingerprint density at radius 2 is 1.95 bits per heavy atom. The van der Waals surface area contributed by atoms with Crippen LogP contribution in [0.2, 0.25) is 5.02 Å². The molecule has 1 saturated heterocycles. The third-order valence-electron chi connectivity index (χ3n) is 3.78. The highest BCUT2D eigenvalue weighted by molar-refractivity contribution is 6.32. The average molecular weight is 301 g/mol. The van der Waals surface area contributed by atoms with Gasteiger partial charge in [-0.2, -0.15) is 0 Å². The third-order valence-corrected chi connectivity index (χ3v) is 4.42. The van der Waals surface area contributed by atoms with Gasteiger partial charge in [0.1, 0.15) is 0 Å². The van der Waals surface area contributed by atoms with Crippen molar-refractivity contribution >= 4 is 28.9 Å². The van der Waals surface area contributed by atoms with Crippen LogP contribution in [0.15, 0.2) is 18.2 Å². The lowest BCUT2D eigenvalue weighted by molar-refractivity contribution is 0.285. The van der Waals surface area contributed by atoms with E-state index in [-0.39, 0.29) is 0 Å². The SMILES string of the molecule is CN(C)CC1CCN(c2ccc(CCl)c(Cl)c2)CC1. The molecule has 0 bridgehead atoms. The molecule has 0 saturated carbocycles. The minimum Gasteiger partial charge on any atom is -0.371 e. The van der Waals surface area contributed by atoms with Gasteiger partial charge in [-0.15, -0.1) is 11.6 Å². The lowest BCUT2D eigenvalue weighted by atomic mass is 9.96. The highest BCUT2D eigenvalue weighted by atomic mass is 35.5. The van der Waals surface area contributed by atoms with Gasteiger partial charge in [-0.25, -0.2) is 0 Å². The van der Waals surface area contributed by atoms with Gasteiger partial charge in [0.15, 0.2) is 0 Å². The van der Waals surface area contributed by atoms with Crippen molar-refractivity contribution in [3.8, 4) is 0 Å². The van der Waals surface area contributed by atoms with E-state index in [0.717, 1.165) is 29.6 Å². The average Bonchev–Trinajstić information content (AvgIpc) is 2.39. The fraction of sp³-hybridized carbons (Fsp3) is 0.600. The van der Waals surface area contributed by atoms with E-state index in [0.29, 0.717) is 5.88 Å². The van der Waals surface area contributed by atoms with Crippen LogP contribution in [-0.4, -0.2) is 38.6 Å². The number of halogens is 2. The van der Waals surface area contributed by atoms with Gasteiger partial charge in [0.05, 0.1) is 0 Å². The van der Waals surface area contributed by atoms with Crippen LogP contribution >= 0.6 is 23.2 Å². The Morgan fingerprint density at radius 1 is 1.26 bits per heavy atom. The fourth-order valence-electron chi connectivity index (χ4n) is 2.73. The number of alkyl halides is 1. The monoisotopic (exact) mass is 300 g/mol.